The number of nitrogens with one attached hydrogen (secondary N) is 2. The van der Waals surface area contributed by atoms with Crippen LogP contribution in [0.25, 0.3) is 0 Å². The predicted molar refractivity (Wildman–Crippen MR) is 106 cm³/mol. The molecule has 1 heterocycles. The molecule has 3 rings (SSSR count). The Morgan fingerprint density at radius 1 is 1.11 bits per heavy atom. The molecule has 1 aliphatic carbocycles. The maximum Gasteiger partial charge on any atom is 0.303 e. The van der Waals surface area contributed by atoms with Gasteiger partial charge in [-0.25, -0.2) is 0 Å². The standard InChI is InChI=1S/C21H29ClN2O3/c22-19-13-16(15-9-11-23-12-10-15)4-7-18(19)21(27)24-17-5-1-14(2-6-17)3-8-20(25)26/h4,7,13-15,17,23H,1-3,5-6,8-12H2,(H,24,27)(H,25,26). The fourth-order valence-corrected chi connectivity index (χ4v) is 4.59. The topological polar surface area (TPSA) is 78.4 Å². The molecule has 148 valence electrons. The Labute approximate surface area is 165 Å². The Kier molecular flexibility index (Phi) is 7.13. The van der Waals surface area contributed by atoms with Crippen LogP contribution in [0.2, 0.25) is 5.02 Å². The summed E-state index contributed by atoms with van der Waals surface area (Å²) in [6.07, 6.45) is 6.93. The molecule has 1 aromatic rings. The average Bonchev–Trinajstić information content (AvgIpc) is 2.68. The van der Waals surface area contributed by atoms with E-state index in [0.717, 1.165) is 58.0 Å². The lowest BCUT2D eigenvalue weighted by Gasteiger charge is -2.29. The van der Waals surface area contributed by atoms with Gasteiger partial charge in [-0.2, -0.15) is 0 Å². The van der Waals surface area contributed by atoms with Crippen LogP contribution in [0.4, 0.5) is 0 Å². The Bertz CT molecular complexity index is 665. The first-order valence-electron chi connectivity index (χ1n) is 10.1. The average molecular weight is 393 g/mol. The number of amides is 1. The summed E-state index contributed by atoms with van der Waals surface area (Å²) >= 11 is 6.42. The third-order valence-electron chi connectivity index (χ3n) is 6.00. The number of rotatable bonds is 6. The molecule has 6 heteroatoms. The fraction of sp³-hybridized carbons (Fsp3) is 0.619. The summed E-state index contributed by atoms with van der Waals surface area (Å²) < 4.78 is 0. The first-order chi connectivity index (χ1) is 13.0. The van der Waals surface area contributed by atoms with Crippen LogP contribution in [0.5, 0.6) is 0 Å². The predicted octanol–water partition coefficient (Wildman–Crippen LogP) is 3.96. The summed E-state index contributed by atoms with van der Waals surface area (Å²) in [7, 11) is 0. The molecular formula is C21H29ClN2O3. The van der Waals surface area contributed by atoms with Gasteiger partial charge in [-0.1, -0.05) is 17.7 Å². The van der Waals surface area contributed by atoms with E-state index in [2.05, 4.69) is 10.6 Å². The summed E-state index contributed by atoms with van der Waals surface area (Å²) in [6, 6.07) is 6.00. The number of halogens is 1. The van der Waals surface area contributed by atoms with Crippen LogP contribution in [0.15, 0.2) is 18.2 Å². The molecular weight excluding hydrogens is 364 g/mol. The van der Waals surface area contributed by atoms with E-state index < -0.39 is 5.97 Å². The monoisotopic (exact) mass is 392 g/mol. The minimum absolute atomic E-state index is 0.106. The zero-order chi connectivity index (χ0) is 19.2. The van der Waals surface area contributed by atoms with E-state index in [-0.39, 0.29) is 18.4 Å². The van der Waals surface area contributed by atoms with Gasteiger partial charge in [-0.15, -0.1) is 0 Å². The van der Waals surface area contributed by atoms with Crippen LogP contribution < -0.4 is 10.6 Å². The minimum Gasteiger partial charge on any atom is -0.481 e. The lowest BCUT2D eigenvalue weighted by Crippen LogP contribution is -2.37. The number of piperidine rings is 1. The summed E-state index contributed by atoms with van der Waals surface area (Å²) in [4.78, 5) is 23.3. The number of aliphatic carboxylic acids is 1. The van der Waals surface area contributed by atoms with Gasteiger partial charge in [0, 0.05) is 12.5 Å². The van der Waals surface area contributed by atoms with Gasteiger partial charge in [0.2, 0.25) is 0 Å². The highest BCUT2D eigenvalue weighted by molar-refractivity contribution is 6.33. The Morgan fingerprint density at radius 3 is 2.44 bits per heavy atom. The van der Waals surface area contributed by atoms with Crippen molar-refractivity contribution in [2.24, 2.45) is 5.92 Å². The number of hydrogen-bond donors (Lipinski definition) is 3. The van der Waals surface area contributed by atoms with Crippen molar-refractivity contribution in [3.8, 4) is 0 Å². The maximum atomic E-state index is 12.6. The van der Waals surface area contributed by atoms with E-state index in [9.17, 15) is 9.59 Å². The second-order valence-corrected chi connectivity index (χ2v) is 8.29. The van der Waals surface area contributed by atoms with E-state index in [1.807, 2.05) is 18.2 Å². The highest BCUT2D eigenvalue weighted by Gasteiger charge is 2.24. The van der Waals surface area contributed by atoms with Crippen LogP contribution in [-0.2, 0) is 4.79 Å². The van der Waals surface area contributed by atoms with Gasteiger partial charge in [0.1, 0.15) is 0 Å². The molecule has 5 nitrogen and oxygen atoms in total. The van der Waals surface area contributed by atoms with Gasteiger partial charge in [0.15, 0.2) is 0 Å². The van der Waals surface area contributed by atoms with E-state index in [4.69, 9.17) is 16.7 Å². The van der Waals surface area contributed by atoms with Crippen molar-refractivity contribution >= 4 is 23.5 Å². The van der Waals surface area contributed by atoms with Crippen molar-refractivity contribution in [3.05, 3.63) is 34.3 Å². The molecule has 1 saturated carbocycles. The smallest absolute Gasteiger partial charge is 0.303 e. The number of hydrogen-bond acceptors (Lipinski definition) is 3. The van der Waals surface area contributed by atoms with Crippen LogP contribution in [-0.4, -0.2) is 36.1 Å². The van der Waals surface area contributed by atoms with Gasteiger partial charge in [0.05, 0.1) is 10.6 Å². The Morgan fingerprint density at radius 2 is 1.81 bits per heavy atom. The molecule has 0 unspecified atom stereocenters. The number of carbonyl (C=O) groups is 2. The quantitative estimate of drug-likeness (QED) is 0.684. The van der Waals surface area contributed by atoms with Crippen molar-refractivity contribution in [2.75, 3.05) is 13.1 Å². The Hall–Kier alpha value is -1.59. The van der Waals surface area contributed by atoms with Gasteiger partial charge >= 0.3 is 5.97 Å². The molecule has 1 saturated heterocycles. The van der Waals surface area contributed by atoms with Crippen molar-refractivity contribution in [1.82, 2.24) is 10.6 Å². The largest absolute Gasteiger partial charge is 0.481 e. The highest BCUT2D eigenvalue weighted by atomic mass is 35.5. The van der Waals surface area contributed by atoms with E-state index in [1.165, 1.54) is 5.56 Å². The summed E-state index contributed by atoms with van der Waals surface area (Å²) in [5, 5.41) is 15.8. The number of carboxylic acid groups (broad SMARTS) is 1. The number of carboxylic acids is 1. The van der Waals surface area contributed by atoms with Gasteiger partial charge in [-0.05, 0) is 87.6 Å². The van der Waals surface area contributed by atoms with Crippen molar-refractivity contribution in [1.29, 1.82) is 0 Å². The lowest BCUT2D eigenvalue weighted by atomic mass is 9.83. The third-order valence-corrected chi connectivity index (χ3v) is 6.31. The zero-order valence-corrected chi connectivity index (χ0v) is 16.4. The summed E-state index contributed by atoms with van der Waals surface area (Å²) in [5.41, 5.74) is 1.76. The van der Waals surface area contributed by atoms with Gasteiger partial charge in [-0.3, -0.25) is 9.59 Å². The highest BCUT2D eigenvalue weighted by Crippen LogP contribution is 2.30. The molecule has 0 radical (unpaired) electrons. The zero-order valence-electron chi connectivity index (χ0n) is 15.7. The molecule has 3 N–H and O–H groups in total. The first kappa shape index (κ1) is 20.2. The van der Waals surface area contributed by atoms with Crippen molar-refractivity contribution in [3.63, 3.8) is 0 Å². The summed E-state index contributed by atoms with van der Waals surface area (Å²) in [6.45, 7) is 2.05. The maximum absolute atomic E-state index is 12.6. The van der Waals surface area contributed by atoms with Crippen LogP contribution in [0.3, 0.4) is 0 Å². The van der Waals surface area contributed by atoms with Crippen molar-refractivity contribution < 1.29 is 14.7 Å². The number of carbonyl (C=O) groups excluding carboxylic acids is 1. The molecule has 27 heavy (non-hydrogen) atoms. The van der Waals surface area contributed by atoms with Crippen molar-refractivity contribution in [2.45, 2.75) is 63.3 Å². The fourth-order valence-electron chi connectivity index (χ4n) is 4.31. The lowest BCUT2D eigenvalue weighted by molar-refractivity contribution is -0.137. The van der Waals surface area contributed by atoms with E-state index >= 15 is 0 Å². The van der Waals surface area contributed by atoms with Crippen LogP contribution in [0, 0.1) is 5.92 Å². The molecule has 2 fully saturated rings. The molecule has 0 bridgehead atoms. The molecule has 0 atom stereocenters. The Balaban J connectivity index is 1.51. The second-order valence-electron chi connectivity index (χ2n) is 7.89. The molecule has 0 spiro atoms. The van der Waals surface area contributed by atoms with Crippen LogP contribution in [0.1, 0.15) is 73.2 Å². The van der Waals surface area contributed by atoms with E-state index in [0.29, 0.717) is 22.4 Å². The SMILES string of the molecule is O=C(O)CCC1CCC(NC(=O)c2ccc(C3CCNCC3)cc2Cl)CC1. The minimum atomic E-state index is -0.729. The molecule has 1 aliphatic heterocycles. The normalized spacial score (nSPS) is 23.7. The molecule has 0 aromatic heterocycles. The first-order valence-corrected chi connectivity index (χ1v) is 10.4. The van der Waals surface area contributed by atoms with Crippen LogP contribution >= 0.6 is 11.6 Å². The second kappa shape index (κ2) is 9.56. The van der Waals surface area contributed by atoms with Gasteiger partial charge in [0.25, 0.3) is 5.91 Å². The van der Waals surface area contributed by atoms with Gasteiger partial charge < -0.3 is 15.7 Å². The number of benzene rings is 1. The molecule has 1 aromatic carbocycles. The summed E-state index contributed by atoms with van der Waals surface area (Å²) in [5.74, 6) is 0.142. The van der Waals surface area contributed by atoms with E-state index in [1.54, 1.807) is 0 Å². The third kappa shape index (κ3) is 5.69. The molecule has 2 aliphatic rings. The molecule has 1 amide bonds.